The summed E-state index contributed by atoms with van der Waals surface area (Å²) in [7, 11) is 0. The van der Waals surface area contributed by atoms with E-state index in [-0.39, 0.29) is 11.8 Å². The number of nitrogens with zero attached hydrogens (tertiary/aromatic N) is 3. The lowest BCUT2D eigenvalue weighted by atomic mass is 9.96. The van der Waals surface area contributed by atoms with Crippen LogP contribution in [-0.4, -0.2) is 33.1 Å². The molecular formula is C20H18N6O2. The molecule has 0 aliphatic carbocycles. The molecule has 0 bridgehead atoms. The molecule has 28 heavy (non-hydrogen) atoms. The van der Waals surface area contributed by atoms with Crippen molar-refractivity contribution in [3.8, 4) is 16.9 Å². The Morgan fingerprint density at radius 1 is 1.29 bits per heavy atom. The topological polar surface area (TPSA) is 115 Å². The summed E-state index contributed by atoms with van der Waals surface area (Å²) in [5.41, 5.74) is 9.44. The van der Waals surface area contributed by atoms with Gasteiger partial charge in [0.05, 0.1) is 0 Å². The zero-order valence-electron chi connectivity index (χ0n) is 15.0. The summed E-state index contributed by atoms with van der Waals surface area (Å²) in [6, 6.07) is 10.8. The largest absolute Gasteiger partial charge is 0.382 e. The molecule has 4 rings (SSSR count). The van der Waals surface area contributed by atoms with Crippen LogP contribution in [0, 0.1) is 0 Å². The maximum atomic E-state index is 11.9. The molecular weight excluding hydrogens is 356 g/mol. The van der Waals surface area contributed by atoms with Crippen LogP contribution in [0.4, 0.5) is 11.6 Å². The monoisotopic (exact) mass is 374 g/mol. The number of hydrogen-bond acceptors (Lipinski definition) is 5. The first kappa shape index (κ1) is 17.5. The molecule has 8 nitrogen and oxygen atoms in total. The molecule has 0 radical (unpaired) electrons. The third-order valence-corrected chi connectivity index (χ3v) is 4.49. The van der Waals surface area contributed by atoms with Crippen LogP contribution in [0.1, 0.15) is 15.9 Å². The molecule has 3 heterocycles. The fraction of sp³-hybridized carbons (Fsp3) is 0.100. The molecule has 2 amide bonds. The molecule has 0 unspecified atom stereocenters. The average Bonchev–Trinajstić information content (AvgIpc) is 3.10. The highest BCUT2D eigenvalue weighted by molar-refractivity contribution is 5.98. The predicted octanol–water partition coefficient (Wildman–Crippen LogP) is 1.93. The second kappa shape index (κ2) is 6.99. The van der Waals surface area contributed by atoms with Gasteiger partial charge in [-0.1, -0.05) is 24.8 Å². The number of fused-ring (bicyclic) bond motifs is 1. The highest BCUT2D eigenvalue weighted by Gasteiger charge is 2.18. The van der Waals surface area contributed by atoms with Gasteiger partial charge in [0.25, 0.3) is 5.91 Å². The second-order valence-corrected chi connectivity index (χ2v) is 6.32. The summed E-state index contributed by atoms with van der Waals surface area (Å²) in [6.45, 7) is 4.04. The minimum Gasteiger partial charge on any atom is -0.382 e. The first-order valence-corrected chi connectivity index (χ1v) is 8.72. The Kier molecular flexibility index (Phi) is 4.36. The molecule has 0 saturated heterocycles. The van der Waals surface area contributed by atoms with Crippen molar-refractivity contribution in [1.29, 1.82) is 0 Å². The van der Waals surface area contributed by atoms with Crippen molar-refractivity contribution in [1.82, 2.24) is 20.1 Å². The van der Waals surface area contributed by atoms with Crippen molar-refractivity contribution in [2.75, 3.05) is 17.6 Å². The number of carbonyl (C=O) groups is 2. The second-order valence-electron chi connectivity index (χ2n) is 6.32. The minimum atomic E-state index is -0.344. The smallest absolute Gasteiger partial charge is 0.251 e. The number of aromatic nitrogens is 3. The van der Waals surface area contributed by atoms with Crippen LogP contribution in [0.2, 0.25) is 0 Å². The van der Waals surface area contributed by atoms with Gasteiger partial charge in [-0.05, 0) is 41.8 Å². The van der Waals surface area contributed by atoms with Gasteiger partial charge in [0.2, 0.25) is 5.91 Å². The van der Waals surface area contributed by atoms with Crippen molar-refractivity contribution in [3.63, 3.8) is 0 Å². The van der Waals surface area contributed by atoms with Crippen LogP contribution >= 0.6 is 0 Å². The third kappa shape index (κ3) is 3.23. The highest BCUT2D eigenvalue weighted by Crippen LogP contribution is 2.29. The van der Waals surface area contributed by atoms with Crippen molar-refractivity contribution in [2.24, 2.45) is 0 Å². The fourth-order valence-corrected chi connectivity index (χ4v) is 3.12. The van der Waals surface area contributed by atoms with E-state index in [4.69, 9.17) is 5.73 Å². The van der Waals surface area contributed by atoms with Crippen LogP contribution in [0.25, 0.3) is 16.9 Å². The van der Waals surface area contributed by atoms with E-state index in [2.05, 4.69) is 27.3 Å². The molecule has 1 aromatic carbocycles. The van der Waals surface area contributed by atoms with Crippen LogP contribution in [0.15, 0.2) is 55.3 Å². The lowest BCUT2D eigenvalue weighted by Gasteiger charge is -2.17. The number of rotatable bonds is 4. The Labute approximate surface area is 161 Å². The Morgan fingerprint density at radius 2 is 2.14 bits per heavy atom. The quantitative estimate of drug-likeness (QED) is 0.604. The summed E-state index contributed by atoms with van der Waals surface area (Å²) in [6.07, 6.45) is 3.73. The number of hydrogen-bond donors (Lipinski definition) is 3. The summed E-state index contributed by atoms with van der Waals surface area (Å²) in [5, 5.41) is 9.79. The van der Waals surface area contributed by atoms with Gasteiger partial charge in [-0.3, -0.25) is 9.59 Å². The third-order valence-electron chi connectivity index (χ3n) is 4.49. The minimum absolute atomic E-state index is 0.0564. The Morgan fingerprint density at radius 3 is 2.96 bits per heavy atom. The Hall–Kier alpha value is -3.94. The Bertz CT molecular complexity index is 1100. The highest BCUT2D eigenvalue weighted by atomic mass is 16.2. The summed E-state index contributed by atoms with van der Waals surface area (Å²) >= 11 is 0. The van der Waals surface area contributed by atoms with Gasteiger partial charge < -0.3 is 16.4 Å². The van der Waals surface area contributed by atoms with Gasteiger partial charge in [-0.25, -0.2) is 9.67 Å². The standard InChI is InChI=1S/C20H18N6O2/c1-2-18(27)24-16-4-3-5-17(23-16)26-11-15(19(21)25-26)12-6-7-14-13(10-12)8-9-22-20(14)28/h2-7,10-11H,1,8-9H2,(H2,21,25)(H,22,28)(H,23,24,27). The predicted molar refractivity (Wildman–Crippen MR) is 106 cm³/mol. The van der Waals surface area contributed by atoms with Crippen molar-refractivity contribution < 1.29 is 9.59 Å². The summed E-state index contributed by atoms with van der Waals surface area (Å²) in [4.78, 5) is 27.8. The summed E-state index contributed by atoms with van der Waals surface area (Å²) in [5.74, 6) is 0.847. The number of nitrogens with two attached hydrogens (primary N) is 1. The molecule has 0 fully saturated rings. The van der Waals surface area contributed by atoms with Crippen LogP contribution < -0.4 is 16.4 Å². The SMILES string of the molecule is C=CC(=O)Nc1cccc(-n2cc(-c3ccc4c(c3)CCNC4=O)c(N)n2)n1. The molecule has 4 N–H and O–H groups in total. The van der Waals surface area contributed by atoms with E-state index in [1.165, 1.54) is 6.08 Å². The van der Waals surface area contributed by atoms with Crippen molar-refractivity contribution >= 4 is 23.5 Å². The lowest BCUT2D eigenvalue weighted by molar-refractivity contribution is -0.111. The normalized spacial score (nSPS) is 12.8. The maximum absolute atomic E-state index is 11.9. The van der Waals surface area contributed by atoms with E-state index < -0.39 is 0 Å². The van der Waals surface area contributed by atoms with E-state index in [1.54, 1.807) is 35.1 Å². The molecule has 0 atom stereocenters. The van der Waals surface area contributed by atoms with E-state index in [1.807, 2.05) is 12.1 Å². The number of carbonyl (C=O) groups excluding carboxylic acids is 2. The number of nitrogens with one attached hydrogen (secondary N) is 2. The van der Waals surface area contributed by atoms with E-state index in [0.717, 1.165) is 23.1 Å². The number of anilines is 2. The van der Waals surface area contributed by atoms with Crippen LogP contribution in [0.5, 0.6) is 0 Å². The average molecular weight is 374 g/mol. The zero-order chi connectivity index (χ0) is 19.7. The van der Waals surface area contributed by atoms with Gasteiger partial charge >= 0.3 is 0 Å². The van der Waals surface area contributed by atoms with E-state index >= 15 is 0 Å². The van der Waals surface area contributed by atoms with Gasteiger partial charge in [0.15, 0.2) is 11.6 Å². The molecule has 3 aromatic rings. The molecule has 1 aliphatic rings. The van der Waals surface area contributed by atoms with Crippen LogP contribution in [0.3, 0.4) is 0 Å². The van der Waals surface area contributed by atoms with Crippen molar-refractivity contribution in [3.05, 3.63) is 66.4 Å². The first-order valence-electron chi connectivity index (χ1n) is 8.72. The summed E-state index contributed by atoms with van der Waals surface area (Å²) < 4.78 is 1.56. The Balaban J connectivity index is 1.68. The van der Waals surface area contributed by atoms with Gasteiger partial charge in [0, 0.05) is 23.9 Å². The van der Waals surface area contributed by atoms with Gasteiger partial charge in [0.1, 0.15) is 5.82 Å². The van der Waals surface area contributed by atoms with E-state index in [0.29, 0.717) is 29.6 Å². The van der Waals surface area contributed by atoms with Gasteiger partial charge in [-0.2, -0.15) is 0 Å². The molecule has 1 aliphatic heterocycles. The van der Waals surface area contributed by atoms with Gasteiger partial charge in [-0.15, -0.1) is 5.10 Å². The van der Waals surface area contributed by atoms with E-state index in [9.17, 15) is 9.59 Å². The maximum Gasteiger partial charge on any atom is 0.251 e. The lowest BCUT2D eigenvalue weighted by Crippen LogP contribution is -2.31. The molecule has 0 spiro atoms. The molecule has 8 heteroatoms. The number of pyridine rings is 1. The zero-order valence-corrected chi connectivity index (χ0v) is 15.0. The molecule has 140 valence electrons. The fourth-order valence-electron chi connectivity index (χ4n) is 3.12. The van der Waals surface area contributed by atoms with Crippen LogP contribution in [-0.2, 0) is 11.2 Å². The number of nitrogen functional groups attached to an aromatic ring is 1. The first-order chi connectivity index (χ1) is 13.5. The van der Waals surface area contributed by atoms with Crippen molar-refractivity contribution in [2.45, 2.75) is 6.42 Å². The molecule has 0 saturated carbocycles. The molecule has 2 aromatic heterocycles. The number of amides is 2. The number of benzene rings is 1.